The monoisotopic (exact) mass is 430 g/mol. The quantitative estimate of drug-likeness (QED) is 0.645. The number of pyridine rings is 1. The van der Waals surface area contributed by atoms with Crippen molar-refractivity contribution >= 4 is 34.3 Å². The first kappa shape index (κ1) is 20.0. The number of aromatic nitrogens is 1. The average Bonchev–Trinajstić information content (AvgIpc) is 3.02. The standard InChI is InChI=1S/C24H22N4O4/c1-15-11-19-21(25-13-15)32-10-9-27(19)20(29)14-28-22(30)24(2,26-23(28)31)18-8-7-16-5-3-4-6-17(16)12-18/h3-8,11-13H,9-10,14H2,1-2H3,(H,26,31). The highest BCUT2D eigenvalue weighted by Gasteiger charge is 2.50. The lowest BCUT2D eigenvalue weighted by Crippen LogP contribution is -2.47. The zero-order valence-corrected chi connectivity index (χ0v) is 17.8. The first-order valence-corrected chi connectivity index (χ1v) is 10.4. The third-order valence-corrected chi connectivity index (χ3v) is 6.01. The molecule has 1 atom stereocenters. The van der Waals surface area contributed by atoms with E-state index >= 15 is 0 Å². The fourth-order valence-electron chi connectivity index (χ4n) is 4.22. The molecule has 32 heavy (non-hydrogen) atoms. The van der Waals surface area contributed by atoms with Crippen molar-refractivity contribution in [3.63, 3.8) is 0 Å². The predicted molar refractivity (Wildman–Crippen MR) is 118 cm³/mol. The topological polar surface area (TPSA) is 91.8 Å². The molecule has 3 heterocycles. The van der Waals surface area contributed by atoms with E-state index < -0.39 is 17.5 Å². The maximum Gasteiger partial charge on any atom is 0.325 e. The first-order chi connectivity index (χ1) is 15.4. The molecule has 1 fully saturated rings. The van der Waals surface area contributed by atoms with Gasteiger partial charge >= 0.3 is 6.03 Å². The minimum absolute atomic E-state index is 0.295. The third-order valence-electron chi connectivity index (χ3n) is 6.01. The van der Waals surface area contributed by atoms with E-state index in [1.807, 2.05) is 55.5 Å². The number of benzene rings is 2. The van der Waals surface area contributed by atoms with Crippen molar-refractivity contribution in [3.8, 4) is 5.88 Å². The summed E-state index contributed by atoms with van der Waals surface area (Å²) in [5.74, 6) is -0.455. The van der Waals surface area contributed by atoms with Gasteiger partial charge in [0.15, 0.2) is 0 Å². The Morgan fingerprint density at radius 3 is 2.75 bits per heavy atom. The van der Waals surface area contributed by atoms with Crippen LogP contribution < -0.4 is 15.0 Å². The van der Waals surface area contributed by atoms with Crippen LogP contribution in [0.1, 0.15) is 18.1 Å². The minimum atomic E-state index is -1.25. The lowest BCUT2D eigenvalue weighted by Gasteiger charge is -2.30. The summed E-state index contributed by atoms with van der Waals surface area (Å²) >= 11 is 0. The van der Waals surface area contributed by atoms with Crippen LogP contribution in [-0.2, 0) is 15.1 Å². The summed E-state index contributed by atoms with van der Waals surface area (Å²) in [6.07, 6.45) is 1.67. The van der Waals surface area contributed by atoms with Gasteiger partial charge in [-0.25, -0.2) is 9.78 Å². The van der Waals surface area contributed by atoms with E-state index in [0.29, 0.717) is 30.3 Å². The van der Waals surface area contributed by atoms with E-state index in [9.17, 15) is 14.4 Å². The molecule has 3 aromatic rings. The van der Waals surface area contributed by atoms with Crippen LogP contribution in [0.2, 0.25) is 0 Å². The molecule has 8 heteroatoms. The Kier molecular flexibility index (Phi) is 4.58. The van der Waals surface area contributed by atoms with Gasteiger partial charge in [-0.05, 0) is 47.9 Å². The van der Waals surface area contributed by atoms with E-state index in [2.05, 4.69) is 10.3 Å². The van der Waals surface area contributed by atoms with Crippen LogP contribution in [-0.4, -0.2) is 47.4 Å². The molecule has 4 amide bonds. The molecular formula is C24H22N4O4. The zero-order valence-electron chi connectivity index (χ0n) is 17.8. The van der Waals surface area contributed by atoms with E-state index in [1.54, 1.807) is 13.1 Å². The normalized spacial score (nSPS) is 20.2. The number of ether oxygens (including phenoxy) is 1. The summed E-state index contributed by atoms with van der Waals surface area (Å²) in [6, 6.07) is 14.7. The van der Waals surface area contributed by atoms with Crippen molar-refractivity contribution in [1.82, 2.24) is 15.2 Å². The van der Waals surface area contributed by atoms with Gasteiger partial charge < -0.3 is 15.0 Å². The van der Waals surface area contributed by atoms with Crippen LogP contribution in [0.15, 0.2) is 54.7 Å². The number of hydrogen-bond acceptors (Lipinski definition) is 5. The number of fused-ring (bicyclic) bond motifs is 2. The second kappa shape index (κ2) is 7.33. The van der Waals surface area contributed by atoms with Gasteiger partial charge in [-0.2, -0.15) is 0 Å². The molecule has 2 aliphatic heterocycles. The maximum absolute atomic E-state index is 13.3. The minimum Gasteiger partial charge on any atom is -0.474 e. The van der Waals surface area contributed by atoms with E-state index in [4.69, 9.17) is 4.74 Å². The first-order valence-electron chi connectivity index (χ1n) is 10.4. The number of carbonyl (C=O) groups is 3. The smallest absolute Gasteiger partial charge is 0.325 e. The fraction of sp³-hybridized carbons (Fsp3) is 0.250. The highest BCUT2D eigenvalue weighted by molar-refractivity contribution is 6.11. The molecule has 0 saturated carbocycles. The molecule has 162 valence electrons. The molecule has 5 rings (SSSR count). The van der Waals surface area contributed by atoms with Gasteiger partial charge in [-0.1, -0.05) is 36.4 Å². The molecule has 1 saturated heterocycles. The van der Waals surface area contributed by atoms with Crippen molar-refractivity contribution in [3.05, 3.63) is 65.9 Å². The van der Waals surface area contributed by atoms with Gasteiger partial charge in [-0.15, -0.1) is 0 Å². The molecule has 0 spiro atoms. The summed E-state index contributed by atoms with van der Waals surface area (Å²) in [5.41, 5.74) is 0.847. The number of amides is 4. The Morgan fingerprint density at radius 2 is 1.94 bits per heavy atom. The predicted octanol–water partition coefficient (Wildman–Crippen LogP) is 2.74. The maximum atomic E-state index is 13.3. The van der Waals surface area contributed by atoms with Crippen LogP contribution in [0.3, 0.4) is 0 Å². The second-order valence-corrected chi connectivity index (χ2v) is 8.24. The Labute approximate surface area is 184 Å². The van der Waals surface area contributed by atoms with Gasteiger partial charge in [0.25, 0.3) is 5.91 Å². The van der Waals surface area contributed by atoms with Crippen LogP contribution in [0.5, 0.6) is 5.88 Å². The van der Waals surface area contributed by atoms with Crippen LogP contribution in [0, 0.1) is 6.92 Å². The number of imide groups is 1. The molecule has 8 nitrogen and oxygen atoms in total. The lowest BCUT2D eigenvalue weighted by molar-refractivity contribution is -0.134. The van der Waals surface area contributed by atoms with Crippen LogP contribution >= 0.6 is 0 Å². The number of nitrogens with zero attached hydrogens (tertiary/aromatic N) is 3. The molecule has 2 aromatic carbocycles. The zero-order chi connectivity index (χ0) is 22.5. The third kappa shape index (κ3) is 3.15. The van der Waals surface area contributed by atoms with Crippen molar-refractivity contribution in [2.75, 3.05) is 24.6 Å². The van der Waals surface area contributed by atoms with Gasteiger partial charge in [-0.3, -0.25) is 14.5 Å². The summed E-state index contributed by atoms with van der Waals surface area (Å²) < 4.78 is 5.53. The molecule has 0 aliphatic carbocycles. The number of rotatable bonds is 3. The number of anilines is 1. The average molecular weight is 430 g/mol. The summed E-state index contributed by atoms with van der Waals surface area (Å²) in [7, 11) is 0. The number of aryl methyl sites for hydroxylation is 1. The summed E-state index contributed by atoms with van der Waals surface area (Å²) in [5, 5.41) is 4.79. The highest BCUT2D eigenvalue weighted by atomic mass is 16.5. The molecular weight excluding hydrogens is 408 g/mol. The van der Waals surface area contributed by atoms with E-state index in [1.165, 1.54) is 4.90 Å². The Balaban J connectivity index is 1.41. The van der Waals surface area contributed by atoms with Crippen LogP contribution in [0.25, 0.3) is 10.8 Å². The Morgan fingerprint density at radius 1 is 1.16 bits per heavy atom. The highest BCUT2D eigenvalue weighted by Crippen LogP contribution is 2.33. The number of nitrogens with one attached hydrogen (secondary N) is 1. The van der Waals surface area contributed by atoms with Gasteiger partial charge in [0.2, 0.25) is 11.8 Å². The molecule has 1 N–H and O–H groups in total. The Bertz CT molecular complexity index is 1270. The summed E-state index contributed by atoms with van der Waals surface area (Å²) in [6.45, 7) is 3.80. The second-order valence-electron chi connectivity index (χ2n) is 8.24. The van der Waals surface area contributed by atoms with Gasteiger partial charge in [0.05, 0.1) is 6.54 Å². The number of urea groups is 1. The fourth-order valence-corrected chi connectivity index (χ4v) is 4.22. The molecule has 1 aromatic heterocycles. The summed E-state index contributed by atoms with van der Waals surface area (Å²) in [4.78, 5) is 45.9. The molecule has 1 unspecified atom stereocenters. The van der Waals surface area contributed by atoms with E-state index in [0.717, 1.165) is 21.2 Å². The SMILES string of the molecule is Cc1cnc2c(c1)N(C(=O)CN1C(=O)NC(C)(c3ccc4ccccc4c3)C1=O)CCO2. The van der Waals surface area contributed by atoms with Crippen molar-refractivity contribution in [2.45, 2.75) is 19.4 Å². The number of hydrogen-bond donors (Lipinski definition) is 1. The molecule has 0 bridgehead atoms. The molecule has 2 aliphatic rings. The Hall–Kier alpha value is -3.94. The van der Waals surface area contributed by atoms with Crippen molar-refractivity contribution in [1.29, 1.82) is 0 Å². The van der Waals surface area contributed by atoms with Crippen molar-refractivity contribution in [2.24, 2.45) is 0 Å². The number of carbonyl (C=O) groups excluding carboxylic acids is 3. The largest absolute Gasteiger partial charge is 0.474 e. The van der Waals surface area contributed by atoms with Crippen LogP contribution in [0.4, 0.5) is 10.5 Å². The molecule has 0 radical (unpaired) electrons. The van der Waals surface area contributed by atoms with Crippen molar-refractivity contribution < 1.29 is 19.1 Å². The van der Waals surface area contributed by atoms with E-state index in [-0.39, 0.29) is 12.5 Å². The lowest BCUT2D eigenvalue weighted by atomic mass is 9.90. The van der Waals surface area contributed by atoms with Gasteiger partial charge in [0, 0.05) is 6.20 Å². The van der Waals surface area contributed by atoms with Gasteiger partial charge in [0.1, 0.15) is 24.4 Å².